The zero-order valence-electron chi connectivity index (χ0n) is 15.5. The lowest BCUT2D eigenvalue weighted by Crippen LogP contribution is -2.15. The number of carbonyl (C=O) groups is 1. The van der Waals surface area contributed by atoms with Crippen LogP contribution in [0.5, 0.6) is 11.5 Å². The van der Waals surface area contributed by atoms with Gasteiger partial charge in [-0.1, -0.05) is 11.8 Å². The van der Waals surface area contributed by atoms with E-state index in [-0.39, 0.29) is 27.7 Å². The van der Waals surface area contributed by atoms with Crippen molar-refractivity contribution in [3.63, 3.8) is 0 Å². The molecule has 2 unspecified atom stereocenters. The van der Waals surface area contributed by atoms with Crippen LogP contribution < -0.4 is 4.74 Å². The van der Waals surface area contributed by atoms with Crippen molar-refractivity contribution < 1.29 is 19.0 Å². The second kappa shape index (κ2) is 8.49. The smallest absolute Gasteiger partial charge is 0.222 e. The number of phenolic OH excluding ortho intramolecular Hbond substituents is 1. The van der Waals surface area contributed by atoms with Crippen LogP contribution in [0.25, 0.3) is 0 Å². The molecule has 0 saturated carbocycles. The van der Waals surface area contributed by atoms with E-state index in [1.807, 2.05) is 0 Å². The van der Waals surface area contributed by atoms with Crippen molar-refractivity contribution in [3.8, 4) is 11.5 Å². The van der Waals surface area contributed by atoms with Gasteiger partial charge in [-0.2, -0.15) is 0 Å². The molecule has 1 aliphatic heterocycles. The minimum Gasteiger partial charge on any atom is -0.502 e. The van der Waals surface area contributed by atoms with Gasteiger partial charge in [-0.05, 0) is 64.6 Å². The van der Waals surface area contributed by atoms with E-state index in [9.17, 15) is 14.3 Å². The van der Waals surface area contributed by atoms with Crippen molar-refractivity contribution in [2.75, 3.05) is 0 Å². The maximum atomic E-state index is 14.7. The molecule has 0 saturated heterocycles. The number of thioether (sulfide) groups is 1. The van der Waals surface area contributed by atoms with Crippen LogP contribution in [0.15, 0.2) is 46.3 Å². The summed E-state index contributed by atoms with van der Waals surface area (Å²) in [6.07, 6.45) is 4.28. The minimum absolute atomic E-state index is 0.0424. The van der Waals surface area contributed by atoms with Crippen LogP contribution in [-0.4, -0.2) is 31.1 Å². The molecule has 4 rings (SSSR count). The van der Waals surface area contributed by atoms with Gasteiger partial charge in [-0.15, -0.1) is 0 Å². The Morgan fingerprint density at radius 3 is 2.80 bits per heavy atom. The van der Waals surface area contributed by atoms with E-state index in [1.54, 1.807) is 25.3 Å². The van der Waals surface area contributed by atoms with E-state index < -0.39 is 22.9 Å². The zero-order valence-corrected chi connectivity index (χ0v) is 18.6. The largest absolute Gasteiger partial charge is 0.502 e. The summed E-state index contributed by atoms with van der Waals surface area (Å²) in [4.78, 5) is 24.7. The lowest BCUT2D eigenvalue weighted by molar-refractivity contribution is 0.0990. The van der Waals surface area contributed by atoms with Crippen molar-refractivity contribution in [2.45, 2.75) is 29.7 Å². The average molecular weight is 511 g/mol. The number of fused-ring (bicyclic) bond motifs is 1. The third-order valence-corrected chi connectivity index (χ3v) is 6.89. The molecule has 6 nitrogen and oxygen atoms in total. The first-order valence-electron chi connectivity index (χ1n) is 8.85. The summed E-state index contributed by atoms with van der Waals surface area (Å²) in [5.74, 6) is -1.58. The first-order chi connectivity index (χ1) is 14.3. The predicted molar refractivity (Wildman–Crippen MR) is 114 cm³/mol. The molecule has 3 aromatic rings. The molecule has 0 spiro atoms. The second-order valence-corrected chi connectivity index (χ2v) is 8.91. The second-order valence-electron chi connectivity index (χ2n) is 6.59. The molecule has 1 aliphatic rings. The van der Waals surface area contributed by atoms with Crippen LogP contribution in [0.3, 0.4) is 0 Å². The molecule has 10 heteroatoms. The summed E-state index contributed by atoms with van der Waals surface area (Å²) in [5.41, 5.74) is 1.67. The van der Waals surface area contributed by atoms with Gasteiger partial charge in [0, 0.05) is 24.2 Å². The molecule has 154 valence electrons. The maximum absolute atomic E-state index is 14.7. The van der Waals surface area contributed by atoms with E-state index in [2.05, 4.69) is 30.9 Å². The highest BCUT2D eigenvalue weighted by Gasteiger charge is 2.33. The van der Waals surface area contributed by atoms with Gasteiger partial charge in [0.05, 0.1) is 15.3 Å². The normalized spacial score (nSPS) is 16.4. The SMILES string of the molecule is CC(Oc1cc(CC2Sc3ncccc3C2=O)c(Br)c(F)c1O)c1cnc(Cl)nc1. The number of aromatic nitrogens is 3. The van der Waals surface area contributed by atoms with Crippen molar-refractivity contribution >= 4 is 45.1 Å². The molecule has 0 radical (unpaired) electrons. The van der Waals surface area contributed by atoms with Gasteiger partial charge in [0.1, 0.15) is 11.1 Å². The number of rotatable bonds is 5. The molecule has 3 heterocycles. The Balaban J connectivity index is 1.60. The molecular weight excluding hydrogens is 497 g/mol. The first-order valence-corrected chi connectivity index (χ1v) is 10.9. The van der Waals surface area contributed by atoms with Gasteiger partial charge in [0.25, 0.3) is 0 Å². The number of phenols is 1. The van der Waals surface area contributed by atoms with E-state index in [1.165, 1.54) is 30.2 Å². The quantitative estimate of drug-likeness (QED) is 0.474. The third-order valence-electron chi connectivity index (χ3n) is 4.62. The Bertz CT molecular complexity index is 1130. The lowest BCUT2D eigenvalue weighted by Gasteiger charge is -2.18. The van der Waals surface area contributed by atoms with Crippen LogP contribution in [0, 0.1) is 5.82 Å². The Labute approximate surface area is 189 Å². The maximum Gasteiger partial charge on any atom is 0.222 e. The Kier molecular flexibility index (Phi) is 5.95. The molecule has 0 fully saturated rings. The van der Waals surface area contributed by atoms with Crippen LogP contribution in [0.4, 0.5) is 4.39 Å². The molecule has 30 heavy (non-hydrogen) atoms. The van der Waals surface area contributed by atoms with Gasteiger partial charge in [0.15, 0.2) is 23.1 Å². The zero-order chi connectivity index (χ0) is 21.4. The van der Waals surface area contributed by atoms with Gasteiger partial charge in [0.2, 0.25) is 5.28 Å². The molecule has 0 amide bonds. The number of benzene rings is 1. The van der Waals surface area contributed by atoms with Gasteiger partial charge in [-0.25, -0.2) is 19.3 Å². The number of nitrogens with zero attached hydrogens (tertiary/aromatic N) is 3. The number of ether oxygens (including phenoxy) is 1. The highest BCUT2D eigenvalue weighted by atomic mass is 79.9. The molecule has 1 N–H and O–H groups in total. The number of hydrogen-bond donors (Lipinski definition) is 1. The van der Waals surface area contributed by atoms with Gasteiger partial charge in [-0.3, -0.25) is 4.79 Å². The minimum atomic E-state index is -0.854. The molecule has 2 aromatic heterocycles. The van der Waals surface area contributed by atoms with Crippen molar-refractivity contribution in [2.24, 2.45) is 0 Å². The van der Waals surface area contributed by atoms with Crippen LogP contribution in [0.1, 0.15) is 34.5 Å². The monoisotopic (exact) mass is 509 g/mol. The molecule has 0 aliphatic carbocycles. The number of Topliss-reactive ketones (excluding diaryl/α,β-unsaturated/α-hetero) is 1. The van der Waals surface area contributed by atoms with E-state index in [0.717, 1.165) is 0 Å². The van der Waals surface area contributed by atoms with E-state index in [0.29, 0.717) is 21.7 Å². The molecule has 2 atom stereocenters. The summed E-state index contributed by atoms with van der Waals surface area (Å²) in [6.45, 7) is 1.71. The Morgan fingerprint density at radius 2 is 2.10 bits per heavy atom. The fourth-order valence-electron chi connectivity index (χ4n) is 3.04. The summed E-state index contributed by atoms with van der Waals surface area (Å²) >= 11 is 10.2. The van der Waals surface area contributed by atoms with Crippen molar-refractivity contribution in [3.05, 3.63) is 69.1 Å². The number of aromatic hydroxyl groups is 1. The Hall–Kier alpha value is -2.23. The average Bonchev–Trinajstić information content (AvgIpc) is 3.06. The predicted octanol–water partition coefficient (Wildman–Crippen LogP) is 5.17. The number of pyridine rings is 1. The fourth-order valence-corrected chi connectivity index (χ4v) is 4.79. The number of carbonyl (C=O) groups excluding carboxylic acids is 1. The lowest BCUT2D eigenvalue weighted by atomic mass is 10.0. The molecule has 1 aromatic carbocycles. The van der Waals surface area contributed by atoms with Gasteiger partial charge >= 0.3 is 0 Å². The molecule has 0 bridgehead atoms. The van der Waals surface area contributed by atoms with Crippen molar-refractivity contribution in [1.29, 1.82) is 0 Å². The van der Waals surface area contributed by atoms with E-state index in [4.69, 9.17) is 16.3 Å². The summed E-state index contributed by atoms with van der Waals surface area (Å²) in [5, 5.41) is 10.6. The van der Waals surface area contributed by atoms with Gasteiger partial charge < -0.3 is 9.84 Å². The highest BCUT2D eigenvalue weighted by Crippen LogP contribution is 2.42. The third kappa shape index (κ3) is 4.01. The van der Waals surface area contributed by atoms with Crippen LogP contribution >= 0.6 is 39.3 Å². The standard InChI is InChI=1S/C20H14BrClFN3O3S/c1-9(11-7-25-20(22)26-8-11)29-13-5-10(15(21)16(23)18(13)28)6-14-17(27)12-3-2-4-24-19(12)30-14/h2-5,7-9,14,28H,6H2,1H3. The van der Waals surface area contributed by atoms with Crippen LogP contribution in [0.2, 0.25) is 5.28 Å². The fraction of sp³-hybridized carbons (Fsp3) is 0.200. The molecular formula is C20H14BrClFN3O3S. The van der Waals surface area contributed by atoms with Crippen molar-refractivity contribution in [1.82, 2.24) is 15.0 Å². The van der Waals surface area contributed by atoms with Crippen LogP contribution in [-0.2, 0) is 6.42 Å². The summed E-state index contributed by atoms with van der Waals surface area (Å²) < 4.78 is 20.5. The summed E-state index contributed by atoms with van der Waals surface area (Å²) in [7, 11) is 0. The number of ketones is 1. The number of hydrogen-bond acceptors (Lipinski definition) is 7. The van der Waals surface area contributed by atoms with E-state index >= 15 is 0 Å². The summed E-state index contributed by atoms with van der Waals surface area (Å²) in [6, 6.07) is 4.97. The topological polar surface area (TPSA) is 85.2 Å². The Morgan fingerprint density at radius 1 is 1.37 bits per heavy atom. The number of halogens is 3. The first kappa shape index (κ1) is 21.0. The highest BCUT2D eigenvalue weighted by molar-refractivity contribution is 9.10.